The number of para-hydroxylation sites is 1. The van der Waals surface area contributed by atoms with Gasteiger partial charge in [0.25, 0.3) is 5.56 Å². The monoisotopic (exact) mass is 451 g/mol. The summed E-state index contributed by atoms with van der Waals surface area (Å²) in [4.78, 5) is 30.1. The maximum absolute atomic E-state index is 12.9. The Labute approximate surface area is 192 Å². The van der Waals surface area contributed by atoms with Crippen molar-refractivity contribution in [1.29, 1.82) is 0 Å². The molecule has 1 N–H and O–H groups in total. The van der Waals surface area contributed by atoms with Gasteiger partial charge >= 0.3 is 0 Å². The van der Waals surface area contributed by atoms with Gasteiger partial charge < -0.3 is 10.1 Å². The SMILES string of the molecule is COCCn1c(SCC(=O)Nc2ccc(C3CCCCC3)cc2)nc2ccccc2c1=O. The first kappa shape index (κ1) is 22.6. The van der Waals surface area contributed by atoms with Crippen LogP contribution in [0.4, 0.5) is 5.69 Å². The fourth-order valence-corrected chi connectivity index (χ4v) is 5.06. The molecule has 6 nitrogen and oxygen atoms in total. The van der Waals surface area contributed by atoms with Crippen LogP contribution in [-0.4, -0.2) is 34.9 Å². The Morgan fingerprint density at radius 1 is 1.12 bits per heavy atom. The Morgan fingerprint density at radius 3 is 2.62 bits per heavy atom. The highest BCUT2D eigenvalue weighted by atomic mass is 32.2. The number of amides is 1. The molecule has 32 heavy (non-hydrogen) atoms. The minimum atomic E-state index is -0.124. The summed E-state index contributed by atoms with van der Waals surface area (Å²) in [6.45, 7) is 0.784. The number of aromatic nitrogens is 2. The minimum absolute atomic E-state index is 0.117. The molecule has 0 bridgehead atoms. The number of nitrogens with zero attached hydrogens (tertiary/aromatic N) is 2. The van der Waals surface area contributed by atoms with Crippen molar-refractivity contribution < 1.29 is 9.53 Å². The molecule has 1 aliphatic carbocycles. The standard InChI is InChI=1S/C25H29N3O3S/c1-31-16-15-28-24(30)21-9-5-6-10-22(21)27-25(28)32-17-23(29)26-20-13-11-19(12-14-20)18-7-3-2-4-8-18/h5-6,9-14,18H,2-4,7-8,15-17H2,1H3,(H,26,29). The van der Waals surface area contributed by atoms with Gasteiger partial charge in [0.1, 0.15) is 0 Å². The first-order valence-corrected chi connectivity index (χ1v) is 12.2. The molecule has 0 spiro atoms. The topological polar surface area (TPSA) is 73.2 Å². The Balaban J connectivity index is 1.42. The summed E-state index contributed by atoms with van der Waals surface area (Å²) in [6, 6.07) is 15.5. The molecule has 4 rings (SSSR count). The van der Waals surface area contributed by atoms with Crippen LogP contribution in [0.15, 0.2) is 58.5 Å². The van der Waals surface area contributed by atoms with Crippen molar-refractivity contribution in [2.75, 3.05) is 24.8 Å². The molecule has 3 aromatic rings. The normalized spacial score (nSPS) is 14.5. The van der Waals surface area contributed by atoms with Gasteiger partial charge in [-0.25, -0.2) is 4.98 Å². The summed E-state index contributed by atoms with van der Waals surface area (Å²) in [7, 11) is 1.60. The van der Waals surface area contributed by atoms with Crippen molar-refractivity contribution in [3.05, 3.63) is 64.4 Å². The molecule has 0 unspecified atom stereocenters. The number of benzene rings is 2. The summed E-state index contributed by atoms with van der Waals surface area (Å²) < 4.78 is 6.74. The van der Waals surface area contributed by atoms with Crippen LogP contribution in [0.1, 0.15) is 43.6 Å². The number of anilines is 1. The van der Waals surface area contributed by atoms with Crippen LogP contribution in [-0.2, 0) is 16.1 Å². The van der Waals surface area contributed by atoms with Crippen LogP contribution >= 0.6 is 11.8 Å². The van der Waals surface area contributed by atoms with Crippen LogP contribution in [0.3, 0.4) is 0 Å². The molecular weight excluding hydrogens is 422 g/mol. The lowest BCUT2D eigenvalue weighted by Gasteiger charge is -2.22. The third kappa shape index (κ3) is 5.40. The van der Waals surface area contributed by atoms with Crippen molar-refractivity contribution in [2.45, 2.75) is 49.7 Å². The number of carbonyl (C=O) groups is 1. The lowest BCUT2D eigenvalue weighted by molar-refractivity contribution is -0.113. The molecule has 0 atom stereocenters. The molecule has 1 aliphatic rings. The number of rotatable bonds is 8. The van der Waals surface area contributed by atoms with Gasteiger partial charge in [-0.15, -0.1) is 0 Å². The fourth-order valence-electron chi connectivity index (χ4n) is 4.24. The van der Waals surface area contributed by atoms with Gasteiger partial charge in [-0.3, -0.25) is 14.2 Å². The number of nitrogens with one attached hydrogen (secondary N) is 1. The number of hydrogen-bond donors (Lipinski definition) is 1. The highest BCUT2D eigenvalue weighted by molar-refractivity contribution is 7.99. The predicted molar refractivity (Wildman–Crippen MR) is 130 cm³/mol. The van der Waals surface area contributed by atoms with E-state index in [0.29, 0.717) is 35.1 Å². The molecule has 1 amide bonds. The van der Waals surface area contributed by atoms with E-state index in [1.54, 1.807) is 17.7 Å². The van der Waals surface area contributed by atoms with Crippen molar-refractivity contribution in [3.63, 3.8) is 0 Å². The quantitative estimate of drug-likeness (QED) is 0.393. The summed E-state index contributed by atoms with van der Waals surface area (Å²) in [5.74, 6) is 0.690. The van der Waals surface area contributed by atoms with Gasteiger partial charge in [-0.2, -0.15) is 0 Å². The Bertz CT molecular complexity index is 1120. The molecule has 0 radical (unpaired) electrons. The third-order valence-electron chi connectivity index (χ3n) is 5.95. The second-order valence-electron chi connectivity index (χ2n) is 8.15. The van der Waals surface area contributed by atoms with Crippen molar-refractivity contribution >= 4 is 34.3 Å². The van der Waals surface area contributed by atoms with E-state index < -0.39 is 0 Å². The summed E-state index contributed by atoms with van der Waals surface area (Å²) >= 11 is 1.26. The summed E-state index contributed by atoms with van der Waals surface area (Å²) in [5, 5.41) is 4.04. The highest BCUT2D eigenvalue weighted by Crippen LogP contribution is 2.33. The molecule has 168 valence electrons. The molecule has 1 fully saturated rings. The van der Waals surface area contributed by atoms with Crippen LogP contribution in [0.2, 0.25) is 0 Å². The first-order chi connectivity index (χ1) is 15.7. The van der Waals surface area contributed by atoms with Gasteiger partial charge in [0, 0.05) is 12.8 Å². The molecule has 0 saturated heterocycles. The van der Waals surface area contributed by atoms with E-state index in [9.17, 15) is 9.59 Å². The molecule has 2 aromatic carbocycles. The second kappa shape index (κ2) is 10.8. The molecular formula is C25H29N3O3S. The number of hydrogen-bond acceptors (Lipinski definition) is 5. The zero-order valence-corrected chi connectivity index (χ0v) is 19.2. The highest BCUT2D eigenvalue weighted by Gasteiger charge is 2.16. The van der Waals surface area contributed by atoms with E-state index in [0.717, 1.165) is 5.69 Å². The first-order valence-electron chi connectivity index (χ1n) is 11.2. The predicted octanol–water partition coefficient (Wildman–Crippen LogP) is 4.82. The number of carbonyl (C=O) groups excluding carboxylic acids is 1. The van der Waals surface area contributed by atoms with Crippen LogP contribution in [0.5, 0.6) is 0 Å². The van der Waals surface area contributed by atoms with Crippen molar-refractivity contribution in [2.24, 2.45) is 0 Å². The van der Waals surface area contributed by atoms with E-state index in [2.05, 4.69) is 22.4 Å². The largest absolute Gasteiger partial charge is 0.383 e. The summed E-state index contributed by atoms with van der Waals surface area (Å²) in [5.41, 5.74) is 2.67. The molecule has 1 aromatic heterocycles. The molecule has 1 heterocycles. The van der Waals surface area contributed by atoms with Crippen LogP contribution < -0.4 is 10.9 Å². The third-order valence-corrected chi connectivity index (χ3v) is 6.93. The summed E-state index contributed by atoms with van der Waals surface area (Å²) in [6.07, 6.45) is 6.46. The van der Waals surface area contributed by atoms with E-state index in [4.69, 9.17) is 4.74 Å². The smallest absolute Gasteiger partial charge is 0.262 e. The van der Waals surface area contributed by atoms with E-state index in [1.165, 1.54) is 49.4 Å². The second-order valence-corrected chi connectivity index (χ2v) is 9.10. The van der Waals surface area contributed by atoms with E-state index in [1.807, 2.05) is 30.3 Å². The Morgan fingerprint density at radius 2 is 1.88 bits per heavy atom. The number of methoxy groups -OCH3 is 1. The fraction of sp³-hybridized carbons (Fsp3) is 0.400. The number of fused-ring (bicyclic) bond motifs is 1. The maximum Gasteiger partial charge on any atom is 0.262 e. The van der Waals surface area contributed by atoms with E-state index in [-0.39, 0.29) is 17.2 Å². The van der Waals surface area contributed by atoms with Crippen molar-refractivity contribution in [1.82, 2.24) is 9.55 Å². The zero-order chi connectivity index (χ0) is 22.3. The molecule has 7 heteroatoms. The molecule has 0 aliphatic heterocycles. The van der Waals surface area contributed by atoms with Crippen LogP contribution in [0.25, 0.3) is 10.9 Å². The maximum atomic E-state index is 12.9. The van der Waals surface area contributed by atoms with Gasteiger partial charge in [0.2, 0.25) is 5.91 Å². The Hall–Kier alpha value is -2.64. The van der Waals surface area contributed by atoms with Crippen LogP contribution in [0, 0.1) is 0 Å². The Kier molecular flexibility index (Phi) is 7.60. The number of thioether (sulfide) groups is 1. The lowest BCUT2D eigenvalue weighted by atomic mass is 9.84. The number of ether oxygens (including phenoxy) is 1. The van der Waals surface area contributed by atoms with E-state index >= 15 is 0 Å². The minimum Gasteiger partial charge on any atom is -0.383 e. The van der Waals surface area contributed by atoms with Gasteiger partial charge in [-0.1, -0.05) is 55.3 Å². The van der Waals surface area contributed by atoms with Gasteiger partial charge in [0.05, 0.1) is 29.8 Å². The lowest BCUT2D eigenvalue weighted by Crippen LogP contribution is -2.26. The van der Waals surface area contributed by atoms with Gasteiger partial charge in [0.15, 0.2) is 5.16 Å². The zero-order valence-electron chi connectivity index (χ0n) is 18.4. The van der Waals surface area contributed by atoms with Gasteiger partial charge in [-0.05, 0) is 48.6 Å². The average Bonchev–Trinajstić information content (AvgIpc) is 2.83. The van der Waals surface area contributed by atoms with Crippen molar-refractivity contribution in [3.8, 4) is 0 Å². The molecule has 1 saturated carbocycles. The average molecular weight is 452 g/mol.